The van der Waals surface area contributed by atoms with E-state index in [1.165, 1.54) is 5.56 Å². The van der Waals surface area contributed by atoms with Crippen LogP contribution < -0.4 is 9.44 Å². The van der Waals surface area contributed by atoms with Gasteiger partial charge < -0.3 is 0 Å². The molecule has 1 rings (SSSR count). The Morgan fingerprint density at radius 2 is 1.89 bits per heavy atom. The standard InChI is InChI=1S/C13H21BrN2O2S/c1-3-10-15-19(17,18)16-11(2)4-5-12-6-8-13(14)9-7-12/h6-9,11,15-16H,3-5,10H2,1-2H3. The van der Waals surface area contributed by atoms with Gasteiger partial charge in [0.15, 0.2) is 0 Å². The molecule has 1 atom stereocenters. The fraction of sp³-hybridized carbons (Fsp3) is 0.538. The predicted octanol–water partition coefficient (Wildman–Crippen LogP) is 2.60. The zero-order valence-electron chi connectivity index (χ0n) is 11.3. The van der Waals surface area contributed by atoms with E-state index in [1.807, 2.05) is 38.1 Å². The maximum absolute atomic E-state index is 11.6. The van der Waals surface area contributed by atoms with Gasteiger partial charge in [-0.2, -0.15) is 13.1 Å². The van der Waals surface area contributed by atoms with Crippen molar-refractivity contribution in [2.75, 3.05) is 6.54 Å². The SMILES string of the molecule is CCCNS(=O)(=O)NC(C)CCc1ccc(Br)cc1. The van der Waals surface area contributed by atoms with Gasteiger partial charge in [0.25, 0.3) is 10.2 Å². The molecule has 1 aromatic rings. The molecule has 0 bridgehead atoms. The highest BCUT2D eigenvalue weighted by molar-refractivity contribution is 9.10. The van der Waals surface area contributed by atoms with Crippen LogP contribution in [0.25, 0.3) is 0 Å². The first-order valence-corrected chi connectivity index (χ1v) is 8.72. The summed E-state index contributed by atoms with van der Waals surface area (Å²) < 4.78 is 29.4. The summed E-state index contributed by atoms with van der Waals surface area (Å²) in [6.07, 6.45) is 2.41. The third-order valence-electron chi connectivity index (χ3n) is 2.68. The van der Waals surface area contributed by atoms with E-state index in [0.717, 1.165) is 23.7 Å². The Morgan fingerprint density at radius 1 is 1.26 bits per heavy atom. The molecule has 108 valence electrons. The summed E-state index contributed by atoms with van der Waals surface area (Å²) in [4.78, 5) is 0. The number of rotatable bonds is 8. The molecule has 0 aliphatic carbocycles. The van der Waals surface area contributed by atoms with Crippen molar-refractivity contribution in [3.05, 3.63) is 34.3 Å². The van der Waals surface area contributed by atoms with Crippen LogP contribution in [-0.4, -0.2) is 21.0 Å². The molecule has 1 aromatic carbocycles. The van der Waals surface area contributed by atoms with Gasteiger partial charge in [-0.05, 0) is 43.9 Å². The van der Waals surface area contributed by atoms with Crippen molar-refractivity contribution in [2.24, 2.45) is 0 Å². The number of halogens is 1. The third-order valence-corrected chi connectivity index (χ3v) is 4.50. The molecule has 1 unspecified atom stereocenters. The highest BCUT2D eigenvalue weighted by atomic mass is 79.9. The first kappa shape index (κ1) is 16.6. The summed E-state index contributed by atoms with van der Waals surface area (Å²) >= 11 is 3.39. The highest BCUT2D eigenvalue weighted by Crippen LogP contribution is 2.12. The summed E-state index contributed by atoms with van der Waals surface area (Å²) in [5, 5.41) is 0. The minimum absolute atomic E-state index is 0.0852. The second kappa shape index (κ2) is 7.99. The predicted molar refractivity (Wildman–Crippen MR) is 82.3 cm³/mol. The summed E-state index contributed by atoms with van der Waals surface area (Å²) in [6.45, 7) is 4.28. The Morgan fingerprint density at radius 3 is 2.47 bits per heavy atom. The lowest BCUT2D eigenvalue weighted by atomic mass is 10.1. The van der Waals surface area contributed by atoms with Crippen molar-refractivity contribution in [1.29, 1.82) is 0 Å². The van der Waals surface area contributed by atoms with Gasteiger partial charge in [-0.25, -0.2) is 4.72 Å². The van der Waals surface area contributed by atoms with Crippen LogP contribution in [0.5, 0.6) is 0 Å². The monoisotopic (exact) mass is 348 g/mol. The van der Waals surface area contributed by atoms with Crippen LogP contribution in [0.15, 0.2) is 28.7 Å². The molecule has 0 radical (unpaired) electrons. The van der Waals surface area contributed by atoms with Gasteiger partial charge in [0, 0.05) is 17.1 Å². The van der Waals surface area contributed by atoms with E-state index in [4.69, 9.17) is 0 Å². The molecule has 0 saturated heterocycles. The quantitative estimate of drug-likeness (QED) is 0.758. The molecule has 0 spiro atoms. The van der Waals surface area contributed by atoms with Crippen molar-refractivity contribution < 1.29 is 8.42 Å². The summed E-state index contributed by atoms with van der Waals surface area (Å²) in [6, 6.07) is 7.99. The van der Waals surface area contributed by atoms with Gasteiger partial charge in [0.2, 0.25) is 0 Å². The van der Waals surface area contributed by atoms with Crippen LogP contribution in [0.3, 0.4) is 0 Å². The molecule has 0 saturated carbocycles. The average Bonchev–Trinajstić information content (AvgIpc) is 2.35. The fourth-order valence-electron chi connectivity index (χ4n) is 1.64. The first-order chi connectivity index (χ1) is 8.93. The van der Waals surface area contributed by atoms with Crippen LogP contribution in [0.4, 0.5) is 0 Å². The van der Waals surface area contributed by atoms with E-state index < -0.39 is 10.2 Å². The van der Waals surface area contributed by atoms with Gasteiger partial charge in [0.05, 0.1) is 0 Å². The van der Waals surface area contributed by atoms with E-state index in [-0.39, 0.29) is 6.04 Å². The largest absolute Gasteiger partial charge is 0.277 e. The van der Waals surface area contributed by atoms with Crippen LogP contribution >= 0.6 is 15.9 Å². The fourth-order valence-corrected chi connectivity index (χ4v) is 3.10. The Kier molecular flexibility index (Phi) is 6.99. The second-order valence-corrected chi connectivity index (χ2v) is 7.03. The van der Waals surface area contributed by atoms with Crippen LogP contribution in [0.1, 0.15) is 32.3 Å². The number of aryl methyl sites for hydroxylation is 1. The average molecular weight is 349 g/mol. The van der Waals surface area contributed by atoms with Crippen LogP contribution in [-0.2, 0) is 16.6 Å². The molecule has 0 aromatic heterocycles. The van der Waals surface area contributed by atoms with Gasteiger partial charge >= 0.3 is 0 Å². The van der Waals surface area contributed by atoms with Crippen molar-refractivity contribution in [3.8, 4) is 0 Å². The van der Waals surface area contributed by atoms with E-state index in [0.29, 0.717) is 6.54 Å². The molecule has 0 aliphatic heterocycles. The Hall–Kier alpha value is -0.430. The van der Waals surface area contributed by atoms with Crippen LogP contribution in [0, 0.1) is 0 Å². The lowest BCUT2D eigenvalue weighted by Gasteiger charge is -2.14. The van der Waals surface area contributed by atoms with Gasteiger partial charge in [-0.3, -0.25) is 0 Å². The molecule has 4 nitrogen and oxygen atoms in total. The van der Waals surface area contributed by atoms with Crippen molar-refractivity contribution in [2.45, 2.75) is 39.2 Å². The van der Waals surface area contributed by atoms with Crippen LogP contribution in [0.2, 0.25) is 0 Å². The third kappa shape index (κ3) is 7.06. The van der Waals surface area contributed by atoms with Gasteiger partial charge in [-0.15, -0.1) is 0 Å². The Bertz CT molecular complexity index is 474. The number of hydrogen-bond acceptors (Lipinski definition) is 2. The number of benzene rings is 1. The topological polar surface area (TPSA) is 58.2 Å². The van der Waals surface area contributed by atoms with Gasteiger partial charge in [0.1, 0.15) is 0 Å². The first-order valence-electron chi connectivity index (χ1n) is 6.44. The smallest absolute Gasteiger partial charge is 0.202 e. The van der Waals surface area contributed by atoms with E-state index >= 15 is 0 Å². The Balaban J connectivity index is 2.39. The van der Waals surface area contributed by atoms with E-state index in [2.05, 4.69) is 25.4 Å². The molecule has 6 heteroatoms. The number of hydrogen-bond donors (Lipinski definition) is 2. The zero-order chi connectivity index (χ0) is 14.3. The summed E-state index contributed by atoms with van der Waals surface area (Å²) in [5.41, 5.74) is 1.20. The van der Waals surface area contributed by atoms with Crippen molar-refractivity contribution in [3.63, 3.8) is 0 Å². The molecule has 19 heavy (non-hydrogen) atoms. The maximum Gasteiger partial charge on any atom is 0.277 e. The molecule has 0 aliphatic rings. The molecule has 0 fully saturated rings. The molecule has 0 amide bonds. The second-order valence-electron chi connectivity index (χ2n) is 4.58. The summed E-state index contributed by atoms with van der Waals surface area (Å²) in [7, 11) is -3.36. The summed E-state index contributed by atoms with van der Waals surface area (Å²) in [5.74, 6) is 0. The Labute approximate surface area is 124 Å². The van der Waals surface area contributed by atoms with Crippen molar-refractivity contribution in [1.82, 2.24) is 9.44 Å². The van der Waals surface area contributed by atoms with Crippen molar-refractivity contribution >= 4 is 26.1 Å². The minimum atomic E-state index is -3.36. The van der Waals surface area contributed by atoms with E-state index in [1.54, 1.807) is 0 Å². The molecule has 0 heterocycles. The zero-order valence-corrected chi connectivity index (χ0v) is 13.7. The molecular weight excluding hydrogens is 328 g/mol. The normalized spacial score (nSPS) is 13.4. The lowest BCUT2D eigenvalue weighted by molar-refractivity contribution is 0.534. The highest BCUT2D eigenvalue weighted by Gasteiger charge is 2.12. The van der Waals surface area contributed by atoms with Gasteiger partial charge in [-0.1, -0.05) is 35.0 Å². The minimum Gasteiger partial charge on any atom is -0.202 e. The number of nitrogens with one attached hydrogen (secondary N) is 2. The molecule has 2 N–H and O–H groups in total. The van der Waals surface area contributed by atoms with E-state index in [9.17, 15) is 8.42 Å². The molecular formula is C13H21BrN2O2S. The maximum atomic E-state index is 11.6. The lowest BCUT2D eigenvalue weighted by Crippen LogP contribution is -2.41.